The van der Waals surface area contributed by atoms with E-state index in [9.17, 15) is 18.8 Å². The van der Waals surface area contributed by atoms with Crippen LogP contribution >= 0.6 is 11.6 Å². The van der Waals surface area contributed by atoms with Gasteiger partial charge in [-0.05, 0) is 53.6 Å². The highest BCUT2D eigenvalue weighted by Gasteiger charge is 2.71. The van der Waals surface area contributed by atoms with Crippen molar-refractivity contribution in [2.75, 3.05) is 12.0 Å². The molecular weight excluding hydrogens is 541 g/mol. The van der Waals surface area contributed by atoms with Crippen LogP contribution in [0.1, 0.15) is 48.1 Å². The van der Waals surface area contributed by atoms with Gasteiger partial charge in [0, 0.05) is 33.3 Å². The van der Waals surface area contributed by atoms with E-state index in [1.807, 2.05) is 23.1 Å². The Hall–Kier alpha value is -4.55. The highest BCUT2D eigenvalue weighted by atomic mass is 35.5. The molecule has 7 rings (SSSR count). The van der Waals surface area contributed by atoms with E-state index < -0.39 is 29.2 Å². The summed E-state index contributed by atoms with van der Waals surface area (Å²) in [5.74, 6) is -1.85. The van der Waals surface area contributed by atoms with Gasteiger partial charge in [-0.25, -0.2) is 4.39 Å². The molecule has 0 N–H and O–H groups in total. The molecule has 3 atom stereocenters. The maximum absolute atomic E-state index is 14.7. The number of carbonyl (C=O) groups is 3. The van der Waals surface area contributed by atoms with Crippen LogP contribution < -0.4 is 9.64 Å². The fourth-order valence-electron chi connectivity index (χ4n) is 6.94. The minimum absolute atomic E-state index is 0.284. The second kappa shape index (κ2) is 9.25. The van der Waals surface area contributed by atoms with Crippen molar-refractivity contribution in [2.24, 2.45) is 5.41 Å². The SMILES string of the molecule is COc1cccc(C(=O)[C@H]2[C@@H](c3ccc(F)cc3)C3(C(=O)c4ccccc4C3=O)[C@H]3C=Cc4cc(Cl)ccc4N23)c1. The number of ether oxygens (including phenoxy) is 1. The Morgan fingerprint density at radius 1 is 0.902 bits per heavy atom. The molecule has 3 aliphatic rings. The first-order valence-electron chi connectivity index (χ1n) is 13.2. The first kappa shape index (κ1) is 25.4. The second-order valence-corrected chi connectivity index (χ2v) is 11.0. The predicted molar refractivity (Wildman–Crippen MR) is 155 cm³/mol. The summed E-state index contributed by atoms with van der Waals surface area (Å²) in [5, 5.41) is 0.520. The number of methoxy groups -OCH3 is 1. The molecule has 2 aliphatic heterocycles. The lowest BCUT2D eigenvalue weighted by Crippen LogP contribution is -2.48. The normalized spacial score (nSPS) is 21.5. The Bertz CT molecular complexity index is 1760. The highest BCUT2D eigenvalue weighted by Crippen LogP contribution is 2.61. The Labute approximate surface area is 240 Å². The van der Waals surface area contributed by atoms with E-state index in [-0.39, 0.29) is 17.3 Å². The molecule has 0 saturated carbocycles. The van der Waals surface area contributed by atoms with Crippen molar-refractivity contribution in [3.8, 4) is 5.75 Å². The Morgan fingerprint density at radius 2 is 1.61 bits per heavy atom. The summed E-state index contributed by atoms with van der Waals surface area (Å²) >= 11 is 6.34. The fraction of sp³-hybridized carbons (Fsp3) is 0.147. The smallest absolute Gasteiger partial charge is 0.186 e. The van der Waals surface area contributed by atoms with Crippen LogP contribution in [0.4, 0.5) is 10.1 Å². The molecule has 2 heterocycles. The van der Waals surface area contributed by atoms with E-state index in [1.54, 1.807) is 72.8 Å². The lowest BCUT2D eigenvalue weighted by atomic mass is 9.64. The molecule has 1 saturated heterocycles. The number of hydrogen-bond acceptors (Lipinski definition) is 5. The van der Waals surface area contributed by atoms with Crippen LogP contribution in [-0.2, 0) is 0 Å². The first-order chi connectivity index (χ1) is 19.9. The van der Waals surface area contributed by atoms with E-state index in [4.69, 9.17) is 16.3 Å². The van der Waals surface area contributed by atoms with Crippen LogP contribution in [0.5, 0.6) is 5.75 Å². The topological polar surface area (TPSA) is 63.7 Å². The van der Waals surface area contributed by atoms with E-state index in [2.05, 4.69) is 0 Å². The minimum Gasteiger partial charge on any atom is -0.497 e. The first-order valence-corrected chi connectivity index (χ1v) is 13.6. The average Bonchev–Trinajstić information content (AvgIpc) is 3.43. The Balaban J connectivity index is 1.54. The van der Waals surface area contributed by atoms with Gasteiger partial charge in [0.1, 0.15) is 23.0 Å². The summed E-state index contributed by atoms with van der Waals surface area (Å²) < 4.78 is 19.6. The van der Waals surface area contributed by atoms with Gasteiger partial charge in [-0.2, -0.15) is 0 Å². The second-order valence-electron chi connectivity index (χ2n) is 10.6. The van der Waals surface area contributed by atoms with Gasteiger partial charge < -0.3 is 9.64 Å². The van der Waals surface area contributed by atoms with Crippen molar-refractivity contribution in [2.45, 2.75) is 18.0 Å². The maximum atomic E-state index is 14.7. The molecule has 5 nitrogen and oxygen atoms in total. The molecule has 0 radical (unpaired) electrons. The molecule has 0 aromatic heterocycles. The van der Waals surface area contributed by atoms with Gasteiger partial charge >= 0.3 is 0 Å². The van der Waals surface area contributed by atoms with Gasteiger partial charge in [-0.1, -0.05) is 72.3 Å². The van der Waals surface area contributed by atoms with E-state index in [0.29, 0.717) is 38.7 Å². The van der Waals surface area contributed by atoms with Crippen molar-refractivity contribution in [3.05, 3.63) is 136 Å². The van der Waals surface area contributed by atoms with Crippen LogP contribution in [0.2, 0.25) is 5.02 Å². The predicted octanol–water partition coefficient (Wildman–Crippen LogP) is 6.80. The third kappa shape index (κ3) is 3.50. The zero-order chi connectivity index (χ0) is 28.5. The third-order valence-electron chi connectivity index (χ3n) is 8.62. The molecule has 0 bridgehead atoms. The van der Waals surface area contributed by atoms with E-state index in [1.165, 1.54) is 19.2 Å². The fourth-order valence-corrected chi connectivity index (χ4v) is 7.12. The maximum Gasteiger partial charge on any atom is 0.186 e. The number of anilines is 1. The molecule has 1 aliphatic carbocycles. The van der Waals surface area contributed by atoms with Gasteiger partial charge in [-0.15, -0.1) is 0 Å². The molecule has 1 fully saturated rings. The molecule has 7 heteroatoms. The lowest BCUT2D eigenvalue weighted by molar-refractivity contribution is 0.0666. The van der Waals surface area contributed by atoms with Crippen molar-refractivity contribution in [3.63, 3.8) is 0 Å². The van der Waals surface area contributed by atoms with Gasteiger partial charge in [-0.3, -0.25) is 14.4 Å². The van der Waals surface area contributed by atoms with E-state index >= 15 is 0 Å². The van der Waals surface area contributed by atoms with Crippen LogP contribution in [-0.4, -0.2) is 36.5 Å². The van der Waals surface area contributed by atoms with Crippen molar-refractivity contribution in [1.29, 1.82) is 0 Å². The monoisotopic (exact) mass is 563 g/mol. The zero-order valence-corrected chi connectivity index (χ0v) is 22.6. The van der Waals surface area contributed by atoms with Crippen molar-refractivity contribution >= 4 is 40.7 Å². The molecule has 4 aromatic rings. The minimum atomic E-state index is -1.66. The Morgan fingerprint density at radius 3 is 2.29 bits per heavy atom. The number of Topliss-reactive ketones (excluding diaryl/α,β-unsaturated/α-hetero) is 3. The van der Waals surface area contributed by atoms with Crippen molar-refractivity contribution < 1.29 is 23.5 Å². The quantitative estimate of drug-likeness (QED) is 0.202. The largest absolute Gasteiger partial charge is 0.497 e. The average molecular weight is 564 g/mol. The summed E-state index contributed by atoms with van der Waals surface area (Å²) in [6.07, 6.45) is 3.68. The number of halogens is 2. The number of rotatable bonds is 4. The lowest BCUT2D eigenvalue weighted by Gasteiger charge is -2.37. The summed E-state index contributed by atoms with van der Waals surface area (Å²) in [6, 6.07) is 22.9. The molecule has 4 aromatic carbocycles. The Kier molecular flexibility index (Phi) is 5.73. The highest BCUT2D eigenvalue weighted by molar-refractivity contribution is 6.32. The summed E-state index contributed by atoms with van der Waals surface area (Å²) in [4.78, 5) is 45.8. The molecule has 0 unspecified atom stereocenters. The summed E-state index contributed by atoms with van der Waals surface area (Å²) in [6.45, 7) is 0. The summed E-state index contributed by atoms with van der Waals surface area (Å²) in [5.41, 5.74) is 1.35. The molecular formula is C34H23ClFNO4. The molecule has 1 spiro atoms. The number of carbonyl (C=O) groups excluding carboxylic acids is 3. The number of benzene rings is 4. The van der Waals surface area contributed by atoms with Gasteiger partial charge in [0.15, 0.2) is 17.3 Å². The number of ketones is 3. The van der Waals surface area contributed by atoms with Gasteiger partial charge in [0.05, 0.1) is 13.2 Å². The molecule has 41 heavy (non-hydrogen) atoms. The van der Waals surface area contributed by atoms with Crippen LogP contribution in [0.25, 0.3) is 6.08 Å². The van der Waals surface area contributed by atoms with Crippen LogP contribution in [0.15, 0.2) is 97.1 Å². The van der Waals surface area contributed by atoms with Crippen LogP contribution in [0.3, 0.4) is 0 Å². The number of hydrogen-bond donors (Lipinski definition) is 0. The zero-order valence-electron chi connectivity index (χ0n) is 21.9. The summed E-state index contributed by atoms with van der Waals surface area (Å²) in [7, 11) is 1.52. The standard InChI is InChI=1S/C34H23ClFNO4/c1-41-24-6-4-5-21(18-24)31(38)30-29(19-9-13-23(36)14-10-19)34(32(39)25-7-2-3-8-26(25)33(34)40)28-16-11-20-17-22(35)12-15-27(20)37(28)30/h2-18,28-30H,1H3/t28-,29-,30-/m1/s1. The van der Waals surface area contributed by atoms with E-state index in [0.717, 1.165) is 5.56 Å². The van der Waals surface area contributed by atoms with Gasteiger partial charge in [0.25, 0.3) is 0 Å². The van der Waals surface area contributed by atoms with Crippen molar-refractivity contribution in [1.82, 2.24) is 0 Å². The molecule has 202 valence electrons. The molecule has 0 amide bonds. The van der Waals surface area contributed by atoms with Gasteiger partial charge in [0.2, 0.25) is 0 Å². The third-order valence-corrected chi connectivity index (χ3v) is 8.85. The van der Waals surface area contributed by atoms with Crippen LogP contribution in [0, 0.1) is 11.2 Å². The number of nitrogens with zero attached hydrogens (tertiary/aromatic N) is 1. The number of fused-ring (bicyclic) bond motifs is 5.